The van der Waals surface area contributed by atoms with Gasteiger partial charge in [0.2, 0.25) is 0 Å². The molecule has 0 aromatic heterocycles. The van der Waals surface area contributed by atoms with Gasteiger partial charge in [-0.05, 0) is 66.8 Å². The molecule has 1 N–H and O–H groups in total. The smallest absolute Gasteiger partial charge is 0.335 e. The highest BCUT2D eigenvalue weighted by molar-refractivity contribution is 5.88. The summed E-state index contributed by atoms with van der Waals surface area (Å²) < 4.78 is 0. The van der Waals surface area contributed by atoms with Crippen molar-refractivity contribution >= 4 is 5.97 Å². The first-order valence-electron chi connectivity index (χ1n) is 9.92. The molecule has 0 spiro atoms. The van der Waals surface area contributed by atoms with Crippen LogP contribution in [0.1, 0.15) is 73.7 Å². The molecule has 3 nitrogen and oxygen atoms in total. The molecule has 0 atom stereocenters. The molecule has 0 unspecified atom stereocenters. The molecular formula is C24H27NO2. The fourth-order valence-electron chi connectivity index (χ4n) is 4.19. The van der Waals surface area contributed by atoms with Crippen molar-refractivity contribution < 1.29 is 9.90 Å². The van der Waals surface area contributed by atoms with Crippen molar-refractivity contribution in [2.75, 3.05) is 0 Å². The molecule has 2 aromatic rings. The van der Waals surface area contributed by atoms with Crippen molar-refractivity contribution in [2.24, 2.45) is 5.41 Å². The first-order chi connectivity index (χ1) is 13.1. The van der Waals surface area contributed by atoms with Gasteiger partial charge in [-0.1, -0.05) is 56.2 Å². The van der Waals surface area contributed by atoms with Crippen LogP contribution in [0.15, 0.2) is 48.5 Å². The Morgan fingerprint density at radius 2 is 1.63 bits per heavy atom. The number of nitriles is 1. The highest BCUT2D eigenvalue weighted by Gasteiger charge is 2.35. The van der Waals surface area contributed by atoms with Crippen molar-refractivity contribution in [1.82, 2.24) is 0 Å². The minimum absolute atomic E-state index is 0.0989. The molecule has 0 aliphatic heterocycles. The zero-order valence-electron chi connectivity index (χ0n) is 15.9. The molecule has 1 fully saturated rings. The van der Waals surface area contributed by atoms with Crippen LogP contribution in [0.2, 0.25) is 0 Å². The van der Waals surface area contributed by atoms with Gasteiger partial charge in [0.15, 0.2) is 0 Å². The summed E-state index contributed by atoms with van der Waals surface area (Å²) in [4.78, 5) is 11.0. The lowest BCUT2D eigenvalue weighted by Crippen LogP contribution is -2.25. The van der Waals surface area contributed by atoms with Gasteiger partial charge in [-0.15, -0.1) is 0 Å². The van der Waals surface area contributed by atoms with E-state index in [1.54, 1.807) is 12.1 Å². The van der Waals surface area contributed by atoms with Crippen LogP contribution >= 0.6 is 0 Å². The topological polar surface area (TPSA) is 61.1 Å². The average Bonchev–Trinajstić information content (AvgIpc) is 2.73. The van der Waals surface area contributed by atoms with E-state index in [9.17, 15) is 10.1 Å². The Kier molecular flexibility index (Phi) is 5.96. The number of benzene rings is 2. The SMILES string of the molecule is CCCCC1(C#N)CCC(c2ccc(-c3ccc(C(=O)O)cc3)cc2)CC1. The van der Waals surface area contributed by atoms with Gasteiger partial charge in [-0.25, -0.2) is 4.79 Å². The molecule has 27 heavy (non-hydrogen) atoms. The van der Waals surface area contributed by atoms with Crippen LogP contribution in [0.25, 0.3) is 11.1 Å². The fourth-order valence-corrected chi connectivity index (χ4v) is 4.19. The van der Waals surface area contributed by atoms with E-state index >= 15 is 0 Å². The first kappa shape index (κ1) is 19.2. The Hall–Kier alpha value is -2.60. The number of hydrogen-bond acceptors (Lipinski definition) is 2. The van der Waals surface area contributed by atoms with E-state index in [0.717, 1.165) is 56.1 Å². The van der Waals surface area contributed by atoms with Crippen LogP contribution < -0.4 is 0 Å². The summed E-state index contributed by atoms with van der Waals surface area (Å²) in [7, 11) is 0. The minimum atomic E-state index is -0.901. The fraction of sp³-hybridized carbons (Fsp3) is 0.417. The number of rotatable bonds is 6. The van der Waals surface area contributed by atoms with Crippen molar-refractivity contribution in [1.29, 1.82) is 5.26 Å². The van der Waals surface area contributed by atoms with E-state index in [0.29, 0.717) is 11.5 Å². The van der Waals surface area contributed by atoms with Crippen LogP contribution in [0.4, 0.5) is 0 Å². The third kappa shape index (κ3) is 4.39. The number of carbonyl (C=O) groups is 1. The number of nitrogens with zero attached hydrogens (tertiary/aromatic N) is 1. The van der Waals surface area contributed by atoms with Gasteiger partial charge in [0.05, 0.1) is 17.0 Å². The van der Waals surface area contributed by atoms with Gasteiger partial charge >= 0.3 is 5.97 Å². The largest absolute Gasteiger partial charge is 0.478 e. The number of carboxylic acids is 1. The third-order valence-electron chi connectivity index (χ3n) is 6.04. The summed E-state index contributed by atoms with van der Waals surface area (Å²) in [6.45, 7) is 2.19. The highest BCUT2D eigenvalue weighted by atomic mass is 16.4. The number of carboxylic acid groups (broad SMARTS) is 1. The molecule has 1 saturated carbocycles. The van der Waals surface area contributed by atoms with Gasteiger partial charge in [-0.3, -0.25) is 0 Å². The molecule has 3 rings (SSSR count). The van der Waals surface area contributed by atoms with E-state index in [1.807, 2.05) is 12.1 Å². The van der Waals surface area contributed by atoms with E-state index in [-0.39, 0.29) is 5.41 Å². The normalized spacial score (nSPS) is 22.1. The highest BCUT2D eigenvalue weighted by Crippen LogP contribution is 2.45. The molecule has 1 aliphatic carbocycles. The average molecular weight is 361 g/mol. The van der Waals surface area contributed by atoms with Gasteiger partial charge in [-0.2, -0.15) is 5.26 Å². The van der Waals surface area contributed by atoms with E-state index in [4.69, 9.17) is 5.11 Å². The molecule has 0 heterocycles. The van der Waals surface area contributed by atoms with Crippen LogP contribution in [0, 0.1) is 16.7 Å². The molecule has 3 heteroatoms. The van der Waals surface area contributed by atoms with Crippen LogP contribution in [0.3, 0.4) is 0 Å². The van der Waals surface area contributed by atoms with Gasteiger partial charge in [0, 0.05) is 0 Å². The molecule has 2 aromatic carbocycles. The Morgan fingerprint density at radius 3 is 2.11 bits per heavy atom. The van der Waals surface area contributed by atoms with Crippen LogP contribution in [-0.2, 0) is 0 Å². The quantitative estimate of drug-likeness (QED) is 0.646. The second kappa shape index (κ2) is 8.39. The lowest BCUT2D eigenvalue weighted by Gasteiger charge is -2.35. The van der Waals surface area contributed by atoms with Gasteiger partial charge in [0.1, 0.15) is 0 Å². The second-order valence-corrected chi connectivity index (χ2v) is 7.77. The lowest BCUT2D eigenvalue weighted by molar-refractivity contribution is 0.0697. The lowest BCUT2D eigenvalue weighted by atomic mass is 9.67. The Balaban J connectivity index is 1.66. The molecule has 0 amide bonds. The maximum Gasteiger partial charge on any atom is 0.335 e. The number of aromatic carboxylic acids is 1. The Morgan fingerprint density at radius 1 is 1.07 bits per heavy atom. The van der Waals surface area contributed by atoms with Crippen molar-refractivity contribution in [3.05, 3.63) is 59.7 Å². The molecular weight excluding hydrogens is 334 g/mol. The number of hydrogen-bond donors (Lipinski definition) is 1. The summed E-state index contributed by atoms with van der Waals surface area (Å²) in [5.41, 5.74) is 3.68. The van der Waals surface area contributed by atoms with E-state index < -0.39 is 5.97 Å². The third-order valence-corrected chi connectivity index (χ3v) is 6.04. The van der Waals surface area contributed by atoms with Gasteiger partial charge < -0.3 is 5.11 Å². The standard InChI is InChI=1S/C24H27NO2/c1-2-3-14-24(17-25)15-12-21(13-16-24)20-6-4-18(5-7-20)19-8-10-22(11-9-19)23(26)27/h4-11,21H,2-3,12-16H2,1H3,(H,26,27). The van der Waals surface area contributed by atoms with E-state index in [2.05, 4.69) is 37.3 Å². The van der Waals surface area contributed by atoms with E-state index in [1.165, 1.54) is 5.56 Å². The van der Waals surface area contributed by atoms with Gasteiger partial charge in [0.25, 0.3) is 0 Å². The summed E-state index contributed by atoms with van der Waals surface area (Å²) >= 11 is 0. The zero-order valence-corrected chi connectivity index (χ0v) is 15.9. The van der Waals surface area contributed by atoms with Crippen molar-refractivity contribution in [3.63, 3.8) is 0 Å². The predicted molar refractivity (Wildman–Crippen MR) is 108 cm³/mol. The minimum Gasteiger partial charge on any atom is -0.478 e. The maximum absolute atomic E-state index is 11.0. The molecule has 0 bridgehead atoms. The van der Waals surface area contributed by atoms with Crippen LogP contribution in [0.5, 0.6) is 0 Å². The zero-order chi connectivity index (χ0) is 19.3. The Bertz CT molecular complexity index is 807. The molecule has 1 aliphatic rings. The predicted octanol–water partition coefficient (Wildman–Crippen LogP) is 6.41. The molecule has 140 valence electrons. The summed E-state index contributed by atoms with van der Waals surface area (Å²) in [6, 6.07) is 18.2. The second-order valence-electron chi connectivity index (χ2n) is 7.77. The summed E-state index contributed by atoms with van der Waals surface area (Å²) in [6.07, 6.45) is 7.53. The molecule has 0 radical (unpaired) electrons. The summed E-state index contributed by atoms with van der Waals surface area (Å²) in [5, 5.41) is 18.7. The van der Waals surface area contributed by atoms with Crippen LogP contribution in [-0.4, -0.2) is 11.1 Å². The summed E-state index contributed by atoms with van der Waals surface area (Å²) in [5.74, 6) is -0.363. The maximum atomic E-state index is 11.0. The first-order valence-corrected chi connectivity index (χ1v) is 9.92. The van der Waals surface area contributed by atoms with Crippen molar-refractivity contribution in [3.8, 4) is 17.2 Å². The Labute approximate surface area is 161 Å². The molecule has 0 saturated heterocycles. The van der Waals surface area contributed by atoms with Crippen molar-refractivity contribution in [2.45, 2.75) is 57.8 Å². The number of unbranched alkanes of at least 4 members (excludes halogenated alkanes) is 1. The monoisotopic (exact) mass is 361 g/mol.